The lowest BCUT2D eigenvalue weighted by atomic mass is 9.84. The fourth-order valence-electron chi connectivity index (χ4n) is 4.96. The molecule has 2 saturated carbocycles. The Hall–Kier alpha value is -2.18. The van der Waals surface area contributed by atoms with Gasteiger partial charge in [-0.15, -0.1) is 0 Å². The molecule has 0 atom stereocenters. The third kappa shape index (κ3) is 4.91. The van der Waals surface area contributed by atoms with E-state index in [0.717, 1.165) is 42.5 Å². The lowest BCUT2D eigenvalue weighted by Gasteiger charge is -2.29. The zero-order valence-electron chi connectivity index (χ0n) is 19.1. The average Bonchev–Trinajstić information content (AvgIpc) is 3.42. The van der Waals surface area contributed by atoms with Gasteiger partial charge in [-0.3, -0.25) is 5.10 Å². The summed E-state index contributed by atoms with van der Waals surface area (Å²) in [5.74, 6) is 2.39. The van der Waals surface area contributed by atoms with Crippen LogP contribution in [0.15, 0.2) is 24.7 Å². The van der Waals surface area contributed by atoms with Crippen molar-refractivity contribution < 1.29 is 0 Å². The van der Waals surface area contributed by atoms with Gasteiger partial charge in [0.25, 0.3) is 0 Å². The minimum absolute atomic E-state index is 0.580. The number of nitrogens with zero attached hydrogens (tertiary/aromatic N) is 4. The van der Waals surface area contributed by atoms with E-state index in [1.165, 1.54) is 55.3 Å². The van der Waals surface area contributed by atoms with E-state index in [1.807, 2.05) is 6.20 Å². The van der Waals surface area contributed by atoms with Crippen LogP contribution in [0, 0.1) is 18.8 Å². The van der Waals surface area contributed by atoms with E-state index < -0.39 is 0 Å². The lowest BCUT2D eigenvalue weighted by Crippen LogP contribution is -2.33. The monoisotopic (exact) mass is 452 g/mol. The van der Waals surface area contributed by atoms with E-state index in [1.54, 1.807) is 6.20 Å². The molecule has 3 heterocycles. The molecule has 170 valence electrons. The molecular weight excluding hydrogens is 420 g/mol. The molecule has 0 spiro atoms. The van der Waals surface area contributed by atoms with E-state index in [0.29, 0.717) is 17.0 Å². The zero-order chi connectivity index (χ0) is 22.1. The molecule has 6 nitrogen and oxygen atoms in total. The van der Waals surface area contributed by atoms with Crippen LogP contribution in [0.2, 0.25) is 5.02 Å². The summed E-state index contributed by atoms with van der Waals surface area (Å²) in [5.41, 5.74) is 5.84. The second-order valence-electron chi connectivity index (χ2n) is 9.74. The van der Waals surface area contributed by atoms with E-state index in [4.69, 9.17) is 16.6 Å². The van der Waals surface area contributed by atoms with Gasteiger partial charge in [-0.1, -0.05) is 11.6 Å². The van der Waals surface area contributed by atoms with Gasteiger partial charge in [-0.05, 0) is 69.8 Å². The summed E-state index contributed by atoms with van der Waals surface area (Å²) in [6, 6.07) is 2.74. The SMILES string of the molecule is Cc1[nH]ncc1CNC1CCC(Cc2ncc(Cl)c(-c3ccn(C)c3CC3CC3)n2)CC1. The first-order valence-electron chi connectivity index (χ1n) is 11.9. The highest BCUT2D eigenvalue weighted by atomic mass is 35.5. The first-order chi connectivity index (χ1) is 15.6. The van der Waals surface area contributed by atoms with Crippen molar-refractivity contribution in [2.45, 2.75) is 70.9 Å². The minimum atomic E-state index is 0.580. The summed E-state index contributed by atoms with van der Waals surface area (Å²) in [6.07, 6.45) is 15.4. The minimum Gasteiger partial charge on any atom is -0.354 e. The number of aromatic nitrogens is 5. The third-order valence-corrected chi connectivity index (χ3v) is 7.54. The van der Waals surface area contributed by atoms with E-state index >= 15 is 0 Å². The molecule has 2 aliphatic rings. The number of H-pyrrole nitrogens is 1. The van der Waals surface area contributed by atoms with Crippen molar-refractivity contribution in [1.29, 1.82) is 0 Å². The molecule has 0 saturated heterocycles. The first kappa shape index (κ1) is 21.7. The molecule has 0 aromatic carbocycles. The Kier molecular flexibility index (Phi) is 6.33. The Labute approximate surface area is 195 Å². The summed E-state index contributed by atoms with van der Waals surface area (Å²) in [5, 5.41) is 11.5. The Morgan fingerprint density at radius 1 is 1.09 bits per heavy atom. The van der Waals surface area contributed by atoms with Crippen molar-refractivity contribution in [1.82, 2.24) is 30.0 Å². The highest BCUT2D eigenvalue weighted by molar-refractivity contribution is 6.32. The van der Waals surface area contributed by atoms with Gasteiger partial charge < -0.3 is 9.88 Å². The molecule has 0 amide bonds. The Morgan fingerprint density at radius 2 is 1.84 bits per heavy atom. The maximum absolute atomic E-state index is 6.56. The topological polar surface area (TPSA) is 71.4 Å². The van der Waals surface area contributed by atoms with Crippen LogP contribution >= 0.6 is 11.6 Å². The molecule has 0 unspecified atom stereocenters. The highest BCUT2D eigenvalue weighted by Gasteiger charge is 2.26. The van der Waals surface area contributed by atoms with Crippen molar-refractivity contribution in [2.75, 3.05) is 0 Å². The van der Waals surface area contributed by atoms with E-state index in [2.05, 4.69) is 51.3 Å². The van der Waals surface area contributed by atoms with Crippen molar-refractivity contribution in [3.8, 4) is 11.3 Å². The molecule has 3 aromatic rings. The first-order valence-corrected chi connectivity index (χ1v) is 12.3. The largest absolute Gasteiger partial charge is 0.354 e. The lowest BCUT2D eigenvalue weighted by molar-refractivity contribution is 0.286. The van der Waals surface area contributed by atoms with Crippen LogP contribution in [0.1, 0.15) is 61.3 Å². The van der Waals surface area contributed by atoms with Gasteiger partial charge in [0.1, 0.15) is 5.82 Å². The summed E-state index contributed by atoms with van der Waals surface area (Å²) in [6.45, 7) is 2.97. The standard InChI is InChI=1S/C25H33ClN6/c1-16-19(14-29-31-16)13-27-20-7-5-18(6-8-20)12-24-28-15-22(26)25(30-24)21-9-10-32(2)23(21)11-17-3-4-17/h9-10,14-15,17-18,20,27H,3-8,11-13H2,1-2H3,(H,29,31). The molecule has 7 heteroatoms. The van der Waals surface area contributed by atoms with Crippen LogP contribution in [0.3, 0.4) is 0 Å². The normalized spacial score (nSPS) is 21.2. The summed E-state index contributed by atoms with van der Waals surface area (Å²) < 4.78 is 2.23. The zero-order valence-corrected chi connectivity index (χ0v) is 19.8. The predicted molar refractivity (Wildman–Crippen MR) is 127 cm³/mol. The summed E-state index contributed by atoms with van der Waals surface area (Å²) >= 11 is 6.56. The summed E-state index contributed by atoms with van der Waals surface area (Å²) in [7, 11) is 2.12. The molecule has 2 N–H and O–H groups in total. The van der Waals surface area contributed by atoms with Gasteiger partial charge in [0.05, 0.1) is 16.9 Å². The number of aromatic amines is 1. The molecule has 0 aliphatic heterocycles. The molecule has 5 rings (SSSR count). The molecule has 0 bridgehead atoms. The molecular formula is C25H33ClN6. The van der Waals surface area contributed by atoms with Crippen molar-refractivity contribution in [3.05, 3.63) is 52.5 Å². The number of aryl methyl sites for hydroxylation is 2. The second kappa shape index (κ2) is 9.36. The Bertz CT molecular complexity index is 1060. The van der Waals surface area contributed by atoms with Crippen LogP contribution in [-0.4, -0.2) is 30.8 Å². The number of hydrogen-bond acceptors (Lipinski definition) is 4. The van der Waals surface area contributed by atoms with Gasteiger partial charge in [0.15, 0.2) is 0 Å². The van der Waals surface area contributed by atoms with E-state index in [-0.39, 0.29) is 0 Å². The van der Waals surface area contributed by atoms with Crippen LogP contribution in [-0.2, 0) is 26.4 Å². The number of rotatable bonds is 8. The van der Waals surface area contributed by atoms with Gasteiger partial charge in [0, 0.05) is 61.0 Å². The fourth-order valence-corrected chi connectivity index (χ4v) is 5.15. The maximum atomic E-state index is 6.56. The van der Waals surface area contributed by atoms with Crippen molar-refractivity contribution >= 4 is 11.6 Å². The average molecular weight is 453 g/mol. The van der Waals surface area contributed by atoms with Crippen molar-refractivity contribution in [2.24, 2.45) is 18.9 Å². The van der Waals surface area contributed by atoms with E-state index in [9.17, 15) is 0 Å². The predicted octanol–water partition coefficient (Wildman–Crippen LogP) is 5.01. The maximum Gasteiger partial charge on any atom is 0.129 e. The molecule has 0 radical (unpaired) electrons. The van der Waals surface area contributed by atoms with Gasteiger partial charge >= 0.3 is 0 Å². The van der Waals surface area contributed by atoms with Crippen LogP contribution in [0.5, 0.6) is 0 Å². The van der Waals surface area contributed by atoms with Gasteiger partial charge in [-0.25, -0.2) is 9.97 Å². The second-order valence-corrected chi connectivity index (χ2v) is 10.1. The number of hydrogen-bond donors (Lipinski definition) is 2. The molecule has 2 fully saturated rings. The van der Waals surface area contributed by atoms with Gasteiger partial charge in [-0.2, -0.15) is 5.10 Å². The summed E-state index contributed by atoms with van der Waals surface area (Å²) in [4.78, 5) is 9.55. The number of halogens is 1. The smallest absolute Gasteiger partial charge is 0.129 e. The highest BCUT2D eigenvalue weighted by Crippen LogP contribution is 2.37. The molecule has 2 aliphatic carbocycles. The molecule has 3 aromatic heterocycles. The Morgan fingerprint density at radius 3 is 2.56 bits per heavy atom. The fraction of sp³-hybridized carbons (Fsp3) is 0.560. The Balaban J connectivity index is 1.20. The number of nitrogens with one attached hydrogen (secondary N) is 2. The molecule has 32 heavy (non-hydrogen) atoms. The van der Waals surface area contributed by atoms with Crippen LogP contribution in [0.4, 0.5) is 0 Å². The quantitative estimate of drug-likeness (QED) is 0.504. The van der Waals surface area contributed by atoms with Gasteiger partial charge in [0.2, 0.25) is 0 Å². The third-order valence-electron chi connectivity index (χ3n) is 7.26. The van der Waals surface area contributed by atoms with Crippen LogP contribution in [0.25, 0.3) is 11.3 Å². The van der Waals surface area contributed by atoms with Crippen LogP contribution < -0.4 is 5.32 Å². The van der Waals surface area contributed by atoms with Crippen molar-refractivity contribution in [3.63, 3.8) is 0 Å².